The van der Waals surface area contributed by atoms with Crippen molar-refractivity contribution in [2.24, 2.45) is 11.7 Å². The van der Waals surface area contributed by atoms with Gasteiger partial charge in [0.1, 0.15) is 5.82 Å². The van der Waals surface area contributed by atoms with E-state index in [1.807, 2.05) is 0 Å². The largest absolute Gasteiger partial charge is 0.494 e. The molecular formula is C18H20FN3O3. The van der Waals surface area contributed by atoms with Crippen LogP contribution >= 0.6 is 0 Å². The molecule has 1 heterocycles. The number of pyridine rings is 1. The number of nitrogens with two attached hydrogens (primary N) is 1. The molecule has 1 fully saturated rings. The van der Waals surface area contributed by atoms with Crippen molar-refractivity contribution in [2.45, 2.75) is 25.0 Å². The summed E-state index contributed by atoms with van der Waals surface area (Å²) in [7, 11) is 1.41. The Hall–Kier alpha value is -2.67. The van der Waals surface area contributed by atoms with Crippen molar-refractivity contribution in [3.63, 3.8) is 0 Å². The molecule has 0 aliphatic heterocycles. The lowest BCUT2D eigenvalue weighted by molar-refractivity contribution is 0.0338. The molecule has 4 N–H and O–H groups in total. The monoisotopic (exact) mass is 345 g/mol. The van der Waals surface area contributed by atoms with Crippen LogP contribution in [0.2, 0.25) is 0 Å². The summed E-state index contributed by atoms with van der Waals surface area (Å²) >= 11 is 0. The molecule has 1 aromatic carbocycles. The van der Waals surface area contributed by atoms with Gasteiger partial charge in [-0.2, -0.15) is 0 Å². The third kappa shape index (κ3) is 3.56. The fourth-order valence-electron chi connectivity index (χ4n) is 3.12. The number of rotatable bonds is 6. The highest BCUT2D eigenvalue weighted by atomic mass is 19.1. The van der Waals surface area contributed by atoms with E-state index < -0.39 is 11.7 Å². The molecule has 132 valence electrons. The van der Waals surface area contributed by atoms with Crippen LogP contribution in [0.3, 0.4) is 0 Å². The van der Waals surface area contributed by atoms with Crippen molar-refractivity contribution >= 4 is 11.7 Å². The Bertz CT molecular complexity index is 778. The number of ether oxygens (including phenoxy) is 1. The minimum absolute atomic E-state index is 0.0885. The maximum absolute atomic E-state index is 14.1. The first-order valence-corrected chi connectivity index (χ1v) is 8.02. The molecule has 1 atom stereocenters. The number of benzene rings is 1. The lowest BCUT2D eigenvalue weighted by atomic mass is 9.75. The van der Waals surface area contributed by atoms with Crippen LogP contribution in [0.1, 0.15) is 34.8 Å². The molecular weight excluding hydrogens is 325 g/mol. The lowest BCUT2D eigenvalue weighted by Crippen LogP contribution is -2.36. The van der Waals surface area contributed by atoms with Crippen LogP contribution in [0.4, 0.5) is 10.2 Å². The molecule has 0 spiro atoms. The quantitative estimate of drug-likeness (QED) is 0.746. The molecule has 0 unspecified atom stereocenters. The highest BCUT2D eigenvalue weighted by Crippen LogP contribution is 2.40. The second kappa shape index (κ2) is 7.06. The van der Waals surface area contributed by atoms with Gasteiger partial charge in [0.25, 0.3) is 5.91 Å². The zero-order valence-corrected chi connectivity index (χ0v) is 13.8. The van der Waals surface area contributed by atoms with Crippen LogP contribution in [0.5, 0.6) is 5.75 Å². The topological polar surface area (TPSA) is 97.5 Å². The summed E-state index contributed by atoms with van der Waals surface area (Å²) in [6, 6.07) is 7.61. The maximum atomic E-state index is 14.1. The van der Waals surface area contributed by atoms with Crippen molar-refractivity contribution in [3.8, 4) is 5.75 Å². The van der Waals surface area contributed by atoms with E-state index in [1.165, 1.54) is 13.2 Å². The second-order valence-corrected chi connectivity index (χ2v) is 6.17. The molecule has 0 bridgehead atoms. The second-order valence-electron chi connectivity index (χ2n) is 6.17. The van der Waals surface area contributed by atoms with Gasteiger partial charge in [0, 0.05) is 6.20 Å². The van der Waals surface area contributed by atoms with E-state index in [9.17, 15) is 14.3 Å². The number of carbonyl (C=O) groups excluding carboxylic acids is 1. The number of anilines is 1. The third-order valence-electron chi connectivity index (χ3n) is 4.52. The lowest BCUT2D eigenvalue weighted by Gasteiger charge is -2.38. The van der Waals surface area contributed by atoms with Crippen molar-refractivity contribution in [1.82, 2.24) is 4.98 Å². The molecule has 6 nitrogen and oxygen atoms in total. The normalized spacial score (nSPS) is 20.4. The van der Waals surface area contributed by atoms with Crippen molar-refractivity contribution in [2.75, 3.05) is 12.4 Å². The molecule has 1 saturated carbocycles. The predicted molar refractivity (Wildman–Crippen MR) is 90.8 cm³/mol. The Morgan fingerprint density at radius 2 is 2.20 bits per heavy atom. The van der Waals surface area contributed by atoms with Gasteiger partial charge < -0.3 is 20.9 Å². The van der Waals surface area contributed by atoms with Gasteiger partial charge in [0.15, 0.2) is 11.6 Å². The van der Waals surface area contributed by atoms with Crippen molar-refractivity contribution in [3.05, 3.63) is 53.5 Å². The summed E-state index contributed by atoms with van der Waals surface area (Å²) in [5.74, 6) is -0.471. The molecule has 1 aliphatic rings. The van der Waals surface area contributed by atoms with E-state index >= 15 is 0 Å². The highest BCUT2D eigenvalue weighted by Gasteiger charge is 2.35. The van der Waals surface area contributed by atoms with E-state index in [4.69, 9.17) is 10.5 Å². The number of hydrogen-bond acceptors (Lipinski definition) is 5. The fourth-order valence-corrected chi connectivity index (χ4v) is 3.12. The summed E-state index contributed by atoms with van der Waals surface area (Å²) in [5, 5.41) is 12.9. The van der Waals surface area contributed by atoms with Crippen LogP contribution in [0.25, 0.3) is 0 Å². The van der Waals surface area contributed by atoms with Gasteiger partial charge in [0.05, 0.1) is 24.8 Å². The molecule has 2 aromatic rings. The smallest absolute Gasteiger partial charge is 0.252 e. The van der Waals surface area contributed by atoms with E-state index in [-0.39, 0.29) is 29.4 Å². The fraction of sp³-hybridized carbons (Fsp3) is 0.333. The van der Waals surface area contributed by atoms with E-state index in [2.05, 4.69) is 10.3 Å². The molecule has 0 radical (unpaired) electrons. The zero-order chi connectivity index (χ0) is 18.0. The highest BCUT2D eigenvalue weighted by molar-refractivity contribution is 5.97. The molecule has 25 heavy (non-hydrogen) atoms. The first kappa shape index (κ1) is 17.2. The van der Waals surface area contributed by atoms with Gasteiger partial charge in [0.2, 0.25) is 0 Å². The molecule has 1 amide bonds. The SMILES string of the molecule is COc1ccc([C@H](Nc2ncccc2C(N)=O)C2CC(O)C2)cc1F. The Kier molecular flexibility index (Phi) is 4.85. The maximum Gasteiger partial charge on any atom is 0.252 e. The standard InChI is InChI=1S/C18H20FN3O3/c1-25-15-5-4-10(9-14(15)19)16(11-7-12(23)8-11)22-18-13(17(20)24)3-2-6-21-18/h2-6,9,11-12,16,23H,7-8H2,1H3,(H2,20,24)(H,21,22)/t11?,12?,16-/m0/s1. The van der Waals surface area contributed by atoms with Gasteiger partial charge in [-0.3, -0.25) is 4.79 Å². The van der Waals surface area contributed by atoms with Crippen LogP contribution in [0.15, 0.2) is 36.5 Å². The summed E-state index contributed by atoms with van der Waals surface area (Å²) in [4.78, 5) is 15.8. The van der Waals surface area contributed by atoms with Crippen LogP contribution < -0.4 is 15.8 Å². The number of carbonyl (C=O) groups is 1. The minimum atomic E-state index is -0.594. The predicted octanol–water partition coefficient (Wildman–Crippen LogP) is 2.25. The number of aliphatic hydroxyl groups excluding tert-OH is 1. The summed E-state index contributed by atoms with van der Waals surface area (Å²) in [6.45, 7) is 0. The first-order chi connectivity index (χ1) is 12.0. The van der Waals surface area contributed by atoms with Gasteiger partial charge in [-0.1, -0.05) is 6.07 Å². The minimum Gasteiger partial charge on any atom is -0.494 e. The summed E-state index contributed by atoms with van der Waals surface area (Å²) in [5.41, 5.74) is 6.36. The van der Waals surface area contributed by atoms with Crippen molar-refractivity contribution < 1.29 is 19.0 Å². The number of halogens is 1. The molecule has 1 aliphatic carbocycles. The van der Waals surface area contributed by atoms with Crippen molar-refractivity contribution in [1.29, 1.82) is 0 Å². The van der Waals surface area contributed by atoms with E-state index in [0.29, 0.717) is 24.2 Å². The summed E-state index contributed by atoms with van der Waals surface area (Å²) < 4.78 is 19.1. The number of nitrogens with zero attached hydrogens (tertiary/aromatic N) is 1. The summed E-state index contributed by atoms with van der Waals surface area (Å²) in [6.07, 6.45) is 2.36. The third-order valence-corrected chi connectivity index (χ3v) is 4.52. The Morgan fingerprint density at radius 1 is 1.44 bits per heavy atom. The number of primary amides is 1. The Balaban J connectivity index is 1.94. The Labute approximate surface area is 144 Å². The van der Waals surface area contributed by atoms with Gasteiger partial charge in [-0.15, -0.1) is 0 Å². The number of aromatic nitrogens is 1. The number of amides is 1. The van der Waals surface area contributed by atoms with E-state index in [0.717, 1.165) is 0 Å². The average Bonchev–Trinajstić information content (AvgIpc) is 2.57. The zero-order valence-electron chi connectivity index (χ0n) is 13.8. The number of methoxy groups -OCH3 is 1. The van der Waals surface area contributed by atoms with Crippen LogP contribution in [-0.4, -0.2) is 29.2 Å². The molecule has 3 rings (SSSR count). The van der Waals surface area contributed by atoms with Crippen LogP contribution in [0, 0.1) is 11.7 Å². The molecule has 0 saturated heterocycles. The molecule has 1 aromatic heterocycles. The van der Waals surface area contributed by atoms with Gasteiger partial charge in [-0.25, -0.2) is 9.37 Å². The first-order valence-electron chi connectivity index (χ1n) is 8.02. The van der Waals surface area contributed by atoms with Gasteiger partial charge >= 0.3 is 0 Å². The Morgan fingerprint density at radius 3 is 2.80 bits per heavy atom. The van der Waals surface area contributed by atoms with E-state index in [1.54, 1.807) is 30.5 Å². The average molecular weight is 345 g/mol. The number of nitrogens with one attached hydrogen (secondary N) is 1. The number of hydrogen-bond donors (Lipinski definition) is 3. The molecule has 7 heteroatoms. The number of aliphatic hydroxyl groups is 1. The van der Waals surface area contributed by atoms with Gasteiger partial charge in [-0.05, 0) is 48.6 Å². The van der Waals surface area contributed by atoms with Crippen LogP contribution in [-0.2, 0) is 0 Å².